The number of methoxy groups -OCH3 is 1. The van der Waals surface area contributed by atoms with Crippen molar-refractivity contribution in [3.05, 3.63) is 47.5 Å². The lowest BCUT2D eigenvalue weighted by Gasteiger charge is -2.11. The minimum atomic E-state index is -3.82. The van der Waals surface area contributed by atoms with E-state index in [0.29, 0.717) is 16.5 Å². The van der Waals surface area contributed by atoms with Gasteiger partial charge in [-0.3, -0.25) is 4.72 Å². The second kappa shape index (κ2) is 7.41. The van der Waals surface area contributed by atoms with Crippen LogP contribution in [0, 0.1) is 0 Å². The number of carboxylic acid groups (broad SMARTS) is 1. The summed E-state index contributed by atoms with van der Waals surface area (Å²) >= 11 is 5.88. The van der Waals surface area contributed by atoms with Gasteiger partial charge < -0.3 is 14.6 Å². The van der Waals surface area contributed by atoms with E-state index >= 15 is 0 Å². The number of halogens is 1. The number of nitrogens with one attached hydrogen (secondary N) is 1. The maximum atomic E-state index is 12.4. The van der Waals surface area contributed by atoms with Gasteiger partial charge in [0.15, 0.2) is 6.61 Å². The number of benzene rings is 2. The number of carboxylic acids is 1. The number of rotatable bonds is 7. The highest BCUT2D eigenvalue weighted by atomic mass is 35.5. The fraction of sp³-hybridized carbons (Fsp3) is 0.133. The highest BCUT2D eigenvalue weighted by Gasteiger charge is 2.16. The van der Waals surface area contributed by atoms with E-state index in [4.69, 9.17) is 26.2 Å². The fourth-order valence-corrected chi connectivity index (χ4v) is 3.05. The zero-order valence-electron chi connectivity index (χ0n) is 12.5. The average molecular weight is 372 g/mol. The molecular weight excluding hydrogens is 358 g/mol. The maximum absolute atomic E-state index is 12.4. The average Bonchev–Trinajstić information content (AvgIpc) is 2.54. The van der Waals surface area contributed by atoms with Gasteiger partial charge >= 0.3 is 5.97 Å². The highest BCUT2D eigenvalue weighted by molar-refractivity contribution is 7.92. The molecule has 2 N–H and O–H groups in total. The largest absolute Gasteiger partial charge is 0.495 e. The zero-order chi connectivity index (χ0) is 17.7. The Morgan fingerprint density at radius 1 is 1.21 bits per heavy atom. The van der Waals surface area contributed by atoms with Crippen molar-refractivity contribution in [2.45, 2.75) is 4.90 Å². The van der Waals surface area contributed by atoms with E-state index in [2.05, 4.69) is 4.72 Å². The molecule has 0 heterocycles. The molecule has 0 atom stereocenters. The number of aliphatic carboxylic acids is 1. The topological polar surface area (TPSA) is 102 Å². The summed E-state index contributed by atoms with van der Waals surface area (Å²) in [6.45, 7) is -0.477. The standard InChI is InChI=1S/C15H14ClNO6S/c1-22-14-8-12(6-7-13(14)16)24(20,21)17-10-2-4-11(5-3-10)23-9-15(18)19/h2-8,17H,9H2,1H3,(H,18,19). The number of ether oxygens (including phenoxy) is 2. The van der Waals surface area contributed by atoms with Crippen LogP contribution < -0.4 is 14.2 Å². The van der Waals surface area contributed by atoms with E-state index in [1.165, 1.54) is 49.6 Å². The first-order valence-electron chi connectivity index (χ1n) is 6.63. The predicted octanol–water partition coefficient (Wildman–Crippen LogP) is 2.61. The molecule has 2 aromatic carbocycles. The molecule has 0 unspecified atom stereocenters. The first-order valence-corrected chi connectivity index (χ1v) is 8.49. The summed E-state index contributed by atoms with van der Waals surface area (Å²) in [7, 11) is -2.44. The summed E-state index contributed by atoms with van der Waals surface area (Å²) in [5.74, 6) is -0.540. The lowest BCUT2D eigenvalue weighted by molar-refractivity contribution is -0.139. The van der Waals surface area contributed by atoms with Crippen LogP contribution in [-0.2, 0) is 14.8 Å². The van der Waals surface area contributed by atoms with Gasteiger partial charge in [-0.2, -0.15) is 0 Å². The van der Waals surface area contributed by atoms with E-state index < -0.39 is 22.6 Å². The van der Waals surface area contributed by atoms with Crippen LogP contribution in [-0.4, -0.2) is 33.2 Å². The Kier molecular flexibility index (Phi) is 5.53. The molecule has 0 saturated heterocycles. The smallest absolute Gasteiger partial charge is 0.341 e. The van der Waals surface area contributed by atoms with Crippen molar-refractivity contribution in [3.8, 4) is 11.5 Å². The summed E-state index contributed by atoms with van der Waals surface area (Å²) in [5, 5.41) is 8.84. The third kappa shape index (κ3) is 4.53. The van der Waals surface area contributed by atoms with Crippen LogP contribution >= 0.6 is 11.6 Å². The van der Waals surface area contributed by atoms with Crippen molar-refractivity contribution < 1.29 is 27.8 Å². The molecule has 0 bridgehead atoms. The molecule has 0 aliphatic rings. The van der Waals surface area contributed by atoms with Gasteiger partial charge in [0.05, 0.1) is 17.0 Å². The molecule has 0 fully saturated rings. The molecule has 9 heteroatoms. The lowest BCUT2D eigenvalue weighted by Crippen LogP contribution is -2.13. The molecule has 0 aliphatic heterocycles. The summed E-state index contributed by atoms with van der Waals surface area (Å²) in [5.41, 5.74) is 0.298. The van der Waals surface area contributed by atoms with Crippen molar-refractivity contribution >= 4 is 33.3 Å². The number of carbonyl (C=O) groups is 1. The summed E-state index contributed by atoms with van der Waals surface area (Å²) in [6.07, 6.45) is 0. The minimum absolute atomic E-state index is 0.00467. The second-order valence-corrected chi connectivity index (χ2v) is 6.70. The van der Waals surface area contributed by atoms with Gasteiger partial charge in [0.2, 0.25) is 0 Å². The Hall–Kier alpha value is -2.45. The molecule has 7 nitrogen and oxygen atoms in total. The van der Waals surface area contributed by atoms with Crippen LogP contribution in [0.25, 0.3) is 0 Å². The number of hydrogen-bond donors (Lipinski definition) is 2. The van der Waals surface area contributed by atoms with E-state index in [0.717, 1.165) is 0 Å². The van der Waals surface area contributed by atoms with Crippen LogP contribution in [0.3, 0.4) is 0 Å². The number of sulfonamides is 1. The van der Waals surface area contributed by atoms with Crippen molar-refractivity contribution in [1.82, 2.24) is 0 Å². The van der Waals surface area contributed by atoms with Crippen molar-refractivity contribution in [2.24, 2.45) is 0 Å². The fourth-order valence-electron chi connectivity index (χ4n) is 1.79. The minimum Gasteiger partial charge on any atom is -0.495 e. The van der Waals surface area contributed by atoms with Crippen LogP contribution in [0.1, 0.15) is 0 Å². The maximum Gasteiger partial charge on any atom is 0.341 e. The molecule has 0 spiro atoms. The monoisotopic (exact) mass is 371 g/mol. The quantitative estimate of drug-likeness (QED) is 0.775. The summed E-state index contributed by atoms with van der Waals surface area (Å²) in [6, 6.07) is 9.95. The van der Waals surface area contributed by atoms with Gasteiger partial charge in [0.25, 0.3) is 10.0 Å². The highest BCUT2D eigenvalue weighted by Crippen LogP contribution is 2.28. The summed E-state index contributed by atoms with van der Waals surface area (Å²) in [4.78, 5) is 10.4. The molecule has 0 saturated carbocycles. The predicted molar refractivity (Wildman–Crippen MR) is 88.4 cm³/mol. The van der Waals surface area contributed by atoms with Gasteiger partial charge in [-0.15, -0.1) is 0 Å². The zero-order valence-corrected chi connectivity index (χ0v) is 14.1. The third-order valence-corrected chi connectivity index (χ3v) is 4.59. The van der Waals surface area contributed by atoms with Crippen LogP contribution in [0.15, 0.2) is 47.4 Å². The van der Waals surface area contributed by atoms with E-state index in [1.807, 2.05) is 0 Å². The Labute approximate surface area is 143 Å². The number of anilines is 1. The SMILES string of the molecule is COc1cc(S(=O)(=O)Nc2ccc(OCC(=O)O)cc2)ccc1Cl. The van der Waals surface area contributed by atoms with Gasteiger partial charge in [-0.05, 0) is 36.4 Å². The van der Waals surface area contributed by atoms with E-state index in [-0.39, 0.29) is 10.6 Å². The molecule has 0 aliphatic carbocycles. The Morgan fingerprint density at radius 3 is 2.46 bits per heavy atom. The van der Waals surface area contributed by atoms with Crippen LogP contribution in [0.5, 0.6) is 11.5 Å². The lowest BCUT2D eigenvalue weighted by atomic mass is 10.3. The van der Waals surface area contributed by atoms with Crippen LogP contribution in [0.2, 0.25) is 5.02 Å². The Balaban J connectivity index is 2.15. The molecule has 0 amide bonds. The van der Waals surface area contributed by atoms with Crippen LogP contribution in [0.4, 0.5) is 5.69 Å². The normalized spacial score (nSPS) is 10.9. The third-order valence-electron chi connectivity index (χ3n) is 2.90. The van der Waals surface area contributed by atoms with E-state index in [9.17, 15) is 13.2 Å². The molecular formula is C15H14ClNO6S. The molecule has 0 radical (unpaired) electrons. The summed E-state index contributed by atoms with van der Waals surface area (Å²) < 4.78 is 37.1. The molecule has 24 heavy (non-hydrogen) atoms. The molecule has 128 valence electrons. The molecule has 2 aromatic rings. The Morgan fingerprint density at radius 2 is 1.88 bits per heavy atom. The van der Waals surface area contributed by atoms with Crippen molar-refractivity contribution in [2.75, 3.05) is 18.4 Å². The van der Waals surface area contributed by atoms with Gasteiger partial charge in [-0.1, -0.05) is 11.6 Å². The second-order valence-electron chi connectivity index (χ2n) is 4.61. The molecule has 2 rings (SSSR count). The van der Waals surface area contributed by atoms with Crippen molar-refractivity contribution in [1.29, 1.82) is 0 Å². The van der Waals surface area contributed by atoms with E-state index in [1.54, 1.807) is 0 Å². The Bertz CT molecular complexity index is 836. The molecule has 0 aromatic heterocycles. The van der Waals surface area contributed by atoms with Gasteiger partial charge in [0, 0.05) is 11.8 Å². The van der Waals surface area contributed by atoms with Gasteiger partial charge in [0.1, 0.15) is 11.5 Å². The van der Waals surface area contributed by atoms with Gasteiger partial charge in [-0.25, -0.2) is 13.2 Å². The van der Waals surface area contributed by atoms with Crippen molar-refractivity contribution in [3.63, 3.8) is 0 Å². The number of hydrogen-bond acceptors (Lipinski definition) is 5. The first-order chi connectivity index (χ1) is 11.3. The first kappa shape index (κ1) is 17.9.